The Morgan fingerprint density at radius 2 is 1.83 bits per heavy atom. The molecule has 0 aliphatic heterocycles. The molecule has 3 aromatic rings. The molecule has 0 saturated carbocycles. The van der Waals surface area contributed by atoms with Gasteiger partial charge in [-0.25, -0.2) is 9.78 Å². The average Bonchev–Trinajstić information content (AvgIpc) is 2.55. The number of para-hydroxylation sites is 1. The number of carbonyl (C=O) groups excluding carboxylic acids is 1. The first-order valence-electron chi connectivity index (χ1n) is 7.18. The highest BCUT2D eigenvalue weighted by atomic mass is 35.5. The zero-order chi connectivity index (χ0) is 17.1. The molecule has 3 rings (SSSR count). The van der Waals surface area contributed by atoms with E-state index in [1.807, 2.05) is 25.1 Å². The van der Waals surface area contributed by atoms with Crippen molar-refractivity contribution in [3.8, 4) is 11.5 Å². The molecular formula is C18H13Cl2NO3. The Kier molecular flexibility index (Phi) is 4.88. The molecule has 0 atom stereocenters. The summed E-state index contributed by atoms with van der Waals surface area (Å²) in [6, 6.07) is 14.0. The van der Waals surface area contributed by atoms with E-state index in [4.69, 9.17) is 32.7 Å². The van der Waals surface area contributed by atoms with Crippen LogP contribution in [-0.2, 0) is 4.79 Å². The summed E-state index contributed by atoms with van der Waals surface area (Å²) in [5, 5.41) is 1.47. The summed E-state index contributed by atoms with van der Waals surface area (Å²) in [5.74, 6) is 0.227. The molecule has 0 radical (unpaired) electrons. The Bertz CT molecular complexity index is 898. The smallest absolute Gasteiger partial charge is 0.349 e. The fourth-order valence-electron chi connectivity index (χ4n) is 2.21. The van der Waals surface area contributed by atoms with Gasteiger partial charge in [0.1, 0.15) is 11.3 Å². The van der Waals surface area contributed by atoms with Gasteiger partial charge in [0.05, 0.1) is 10.0 Å². The number of aryl methyl sites for hydroxylation is 1. The lowest BCUT2D eigenvalue weighted by molar-refractivity contribution is -0.136. The summed E-state index contributed by atoms with van der Waals surface area (Å²) in [4.78, 5) is 16.3. The molecular weight excluding hydrogens is 349 g/mol. The normalized spacial score (nSPS) is 10.6. The number of halogens is 2. The van der Waals surface area contributed by atoms with Crippen LogP contribution < -0.4 is 9.47 Å². The van der Waals surface area contributed by atoms with Crippen LogP contribution in [0.25, 0.3) is 10.9 Å². The van der Waals surface area contributed by atoms with E-state index in [0.717, 1.165) is 5.69 Å². The number of carbonyl (C=O) groups is 1. The van der Waals surface area contributed by atoms with Crippen molar-refractivity contribution in [2.75, 3.05) is 6.61 Å². The van der Waals surface area contributed by atoms with E-state index in [0.29, 0.717) is 27.4 Å². The van der Waals surface area contributed by atoms with Gasteiger partial charge in [0.15, 0.2) is 12.4 Å². The summed E-state index contributed by atoms with van der Waals surface area (Å²) in [6.45, 7) is 1.56. The van der Waals surface area contributed by atoms with Crippen molar-refractivity contribution in [3.05, 3.63) is 64.3 Å². The molecule has 0 N–H and O–H groups in total. The van der Waals surface area contributed by atoms with E-state index < -0.39 is 5.97 Å². The van der Waals surface area contributed by atoms with E-state index in [2.05, 4.69) is 4.98 Å². The molecule has 2 aromatic carbocycles. The van der Waals surface area contributed by atoms with Crippen LogP contribution in [0.15, 0.2) is 48.5 Å². The van der Waals surface area contributed by atoms with Crippen molar-refractivity contribution in [1.82, 2.24) is 4.98 Å². The summed E-state index contributed by atoms with van der Waals surface area (Å²) < 4.78 is 10.7. The minimum atomic E-state index is -0.534. The molecule has 0 aliphatic rings. The van der Waals surface area contributed by atoms with Gasteiger partial charge in [-0.1, -0.05) is 41.4 Å². The summed E-state index contributed by atoms with van der Waals surface area (Å²) >= 11 is 12.4. The van der Waals surface area contributed by atoms with Crippen molar-refractivity contribution in [1.29, 1.82) is 0 Å². The van der Waals surface area contributed by atoms with Crippen LogP contribution in [0.2, 0.25) is 10.0 Å². The number of rotatable bonds is 4. The summed E-state index contributed by atoms with van der Waals surface area (Å²) in [5.41, 5.74) is 1.30. The van der Waals surface area contributed by atoms with Crippen LogP contribution in [0.4, 0.5) is 0 Å². The second-order valence-corrected chi connectivity index (χ2v) is 5.91. The average molecular weight is 362 g/mol. The van der Waals surface area contributed by atoms with Gasteiger partial charge in [-0.05, 0) is 37.3 Å². The zero-order valence-corrected chi connectivity index (χ0v) is 14.3. The molecule has 1 aromatic heterocycles. The number of pyridine rings is 1. The molecule has 4 nitrogen and oxygen atoms in total. The Morgan fingerprint density at radius 3 is 2.58 bits per heavy atom. The van der Waals surface area contributed by atoms with Gasteiger partial charge in [-0.2, -0.15) is 0 Å². The van der Waals surface area contributed by atoms with Crippen molar-refractivity contribution >= 4 is 40.1 Å². The quantitative estimate of drug-likeness (QED) is 0.493. The number of nitrogens with zero attached hydrogens (tertiary/aromatic N) is 1. The fourth-order valence-corrected chi connectivity index (χ4v) is 2.78. The van der Waals surface area contributed by atoms with Crippen LogP contribution in [0, 0.1) is 6.92 Å². The first kappa shape index (κ1) is 16.6. The molecule has 0 saturated heterocycles. The van der Waals surface area contributed by atoms with Crippen LogP contribution >= 0.6 is 23.2 Å². The van der Waals surface area contributed by atoms with Crippen LogP contribution in [0.1, 0.15) is 5.69 Å². The lowest BCUT2D eigenvalue weighted by Gasteiger charge is -2.12. The monoisotopic (exact) mass is 361 g/mol. The Hall–Kier alpha value is -2.30. The van der Waals surface area contributed by atoms with E-state index in [-0.39, 0.29) is 11.6 Å². The standard InChI is InChI=1S/C18H13Cl2NO3/c1-11-7-8-13-14(19)9-15(20)18(17(13)21-11)23-10-16(22)24-12-5-3-2-4-6-12/h2-9H,10H2,1H3. The fraction of sp³-hybridized carbons (Fsp3) is 0.111. The Labute approximate surface area is 148 Å². The molecule has 0 unspecified atom stereocenters. The van der Waals surface area contributed by atoms with Crippen molar-refractivity contribution in [2.45, 2.75) is 6.92 Å². The first-order chi connectivity index (χ1) is 11.5. The molecule has 0 aliphatic carbocycles. The first-order valence-corrected chi connectivity index (χ1v) is 7.94. The maximum atomic E-state index is 11.9. The highest BCUT2D eigenvalue weighted by Crippen LogP contribution is 2.37. The largest absolute Gasteiger partial charge is 0.478 e. The zero-order valence-electron chi connectivity index (χ0n) is 12.8. The number of fused-ring (bicyclic) bond motifs is 1. The van der Waals surface area contributed by atoms with Crippen molar-refractivity contribution in [3.63, 3.8) is 0 Å². The van der Waals surface area contributed by atoms with Crippen LogP contribution in [0.5, 0.6) is 11.5 Å². The summed E-state index contributed by atoms with van der Waals surface area (Å²) in [7, 11) is 0. The number of hydrogen-bond acceptors (Lipinski definition) is 4. The molecule has 0 amide bonds. The number of benzene rings is 2. The molecule has 122 valence electrons. The van der Waals surface area contributed by atoms with Gasteiger partial charge < -0.3 is 9.47 Å². The second kappa shape index (κ2) is 7.07. The molecule has 0 spiro atoms. The highest BCUT2D eigenvalue weighted by Gasteiger charge is 2.15. The minimum Gasteiger partial charge on any atom is -0.478 e. The number of ether oxygens (including phenoxy) is 2. The van der Waals surface area contributed by atoms with Crippen molar-refractivity contribution in [2.24, 2.45) is 0 Å². The van der Waals surface area contributed by atoms with Gasteiger partial charge in [-0.3, -0.25) is 0 Å². The third-order valence-corrected chi connectivity index (χ3v) is 3.88. The number of esters is 1. The van der Waals surface area contributed by atoms with Gasteiger partial charge >= 0.3 is 5.97 Å². The Morgan fingerprint density at radius 1 is 1.08 bits per heavy atom. The molecule has 24 heavy (non-hydrogen) atoms. The maximum absolute atomic E-state index is 11.9. The molecule has 0 bridgehead atoms. The molecule has 6 heteroatoms. The summed E-state index contributed by atoms with van der Waals surface area (Å²) in [6.07, 6.45) is 0. The number of aromatic nitrogens is 1. The van der Waals surface area contributed by atoms with E-state index in [1.165, 1.54) is 0 Å². The van der Waals surface area contributed by atoms with Gasteiger partial charge in [0, 0.05) is 11.1 Å². The lowest BCUT2D eigenvalue weighted by atomic mass is 10.2. The lowest BCUT2D eigenvalue weighted by Crippen LogP contribution is -2.18. The Balaban J connectivity index is 1.82. The second-order valence-electron chi connectivity index (χ2n) is 5.09. The highest BCUT2D eigenvalue weighted by molar-refractivity contribution is 6.39. The molecule has 0 fully saturated rings. The van der Waals surface area contributed by atoms with Gasteiger partial charge in [0.2, 0.25) is 0 Å². The third kappa shape index (κ3) is 3.61. The minimum absolute atomic E-state index is 0.290. The molecule has 1 heterocycles. The topological polar surface area (TPSA) is 48.4 Å². The van der Waals surface area contributed by atoms with Crippen LogP contribution in [-0.4, -0.2) is 17.6 Å². The van der Waals surface area contributed by atoms with Crippen molar-refractivity contribution < 1.29 is 14.3 Å². The van der Waals surface area contributed by atoms with E-state index >= 15 is 0 Å². The predicted molar refractivity (Wildman–Crippen MR) is 94.1 cm³/mol. The van der Waals surface area contributed by atoms with Crippen LogP contribution in [0.3, 0.4) is 0 Å². The maximum Gasteiger partial charge on any atom is 0.349 e. The number of hydrogen-bond donors (Lipinski definition) is 0. The van der Waals surface area contributed by atoms with E-state index in [9.17, 15) is 4.79 Å². The van der Waals surface area contributed by atoms with Gasteiger partial charge in [0.25, 0.3) is 0 Å². The van der Waals surface area contributed by atoms with Gasteiger partial charge in [-0.15, -0.1) is 0 Å². The SMILES string of the molecule is Cc1ccc2c(Cl)cc(Cl)c(OCC(=O)Oc3ccccc3)c2n1. The third-order valence-electron chi connectivity index (χ3n) is 3.29. The van der Waals surface area contributed by atoms with E-state index in [1.54, 1.807) is 30.3 Å². The predicted octanol–water partition coefficient (Wildman–Crippen LogP) is 4.83.